The van der Waals surface area contributed by atoms with Gasteiger partial charge in [0.2, 0.25) is 0 Å². The van der Waals surface area contributed by atoms with Crippen molar-refractivity contribution in [1.29, 1.82) is 0 Å². The number of halogens is 2. The molecule has 0 bridgehead atoms. The highest BCUT2D eigenvalue weighted by Crippen LogP contribution is 2.48. The molecule has 0 radical (unpaired) electrons. The molecule has 1 N–H and O–H groups in total. The molecule has 14 heteroatoms. The Balaban J connectivity index is 2.58. The lowest BCUT2D eigenvalue weighted by molar-refractivity contribution is -0.385. The number of nitro benzene ring substituents is 2. The van der Waals surface area contributed by atoms with Gasteiger partial charge >= 0.3 is 7.60 Å². The Bertz CT molecular complexity index is 1090. The molecule has 0 spiro atoms. The van der Waals surface area contributed by atoms with Crippen LogP contribution in [0.3, 0.4) is 0 Å². The molecule has 0 aromatic heterocycles. The summed E-state index contributed by atoms with van der Waals surface area (Å²) in [6, 6.07) is 7.32. The first kappa shape index (κ1) is 25.7. The van der Waals surface area contributed by atoms with Crippen LogP contribution in [0.25, 0.3) is 0 Å². The maximum absolute atomic E-state index is 13.1. The van der Waals surface area contributed by atoms with Gasteiger partial charge in [0.1, 0.15) is 12.0 Å². The van der Waals surface area contributed by atoms with Crippen molar-refractivity contribution in [3.05, 3.63) is 66.7 Å². The van der Waals surface area contributed by atoms with Gasteiger partial charge in [0.15, 0.2) is 0 Å². The summed E-state index contributed by atoms with van der Waals surface area (Å²) < 4.78 is 23.7. The van der Waals surface area contributed by atoms with Crippen molar-refractivity contribution >= 4 is 59.4 Å². The molecular weight excluding hydrogens is 486 g/mol. The number of aliphatic imine (C=N–C) groups is 1. The van der Waals surface area contributed by atoms with E-state index < -0.39 is 17.4 Å². The molecule has 11 nitrogen and oxygen atoms in total. The molecule has 2 aromatic carbocycles. The number of amidine groups is 1. The van der Waals surface area contributed by atoms with E-state index in [1.165, 1.54) is 30.3 Å². The maximum Gasteiger partial charge on any atom is 0.338 e. The van der Waals surface area contributed by atoms with Crippen molar-refractivity contribution in [2.24, 2.45) is 4.99 Å². The molecule has 0 saturated carbocycles. The third-order valence-electron chi connectivity index (χ3n) is 3.83. The van der Waals surface area contributed by atoms with Gasteiger partial charge in [-0.1, -0.05) is 23.2 Å². The molecular formula is C18H19Cl2N4O7P. The first-order chi connectivity index (χ1) is 15.1. The van der Waals surface area contributed by atoms with E-state index in [-0.39, 0.29) is 58.0 Å². The summed E-state index contributed by atoms with van der Waals surface area (Å²) in [6.45, 7) is 3.43. The van der Waals surface area contributed by atoms with Crippen LogP contribution in [-0.2, 0) is 13.6 Å². The molecule has 0 heterocycles. The molecule has 0 saturated heterocycles. The third kappa shape index (κ3) is 6.98. The number of nitro groups is 2. The van der Waals surface area contributed by atoms with Crippen molar-refractivity contribution in [1.82, 2.24) is 0 Å². The first-order valence-corrected chi connectivity index (χ1v) is 11.7. The number of hydrogen-bond donors (Lipinski definition) is 1. The highest BCUT2D eigenvalue weighted by atomic mass is 35.5. The van der Waals surface area contributed by atoms with Crippen LogP contribution in [0.4, 0.5) is 22.7 Å². The number of benzene rings is 2. The number of non-ortho nitro benzene ring substituents is 2. The Morgan fingerprint density at radius 3 is 2.06 bits per heavy atom. The summed E-state index contributed by atoms with van der Waals surface area (Å²) in [5.41, 5.74) is -0.411. The Labute approximate surface area is 193 Å². The van der Waals surface area contributed by atoms with E-state index >= 15 is 0 Å². The van der Waals surface area contributed by atoms with Gasteiger partial charge in [0.05, 0.1) is 44.5 Å². The summed E-state index contributed by atoms with van der Waals surface area (Å²) in [4.78, 5) is 25.3. The SMILES string of the molecule is CCOP(=O)(CC(=Nc1cc([N+](=O)[O-])ccc1Cl)Nc1cc([N+](=O)[O-])ccc1Cl)OCC. The van der Waals surface area contributed by atoms with Crippen molar-refractivity contribution in [2.75, 3.05) is 24.7 Å². The van der Waals surface area contributed by atoms with Gasteiger partial charge < -0.3 is 14.4 Å². The molecule has 0 aliphatic heterocycles. The lowest BCUT2D eigenvalue weighted by Gasteiger charge is -2.19. The van der Waals surface area contributed by atoms with Gasteiger partial charge in [-0.05, 0) is 26.0 Å². The van der Waals surface area contributed by atoms with Crippen molar-refractivity contribution < 1.29 is 23.5 Å². The largest absolute Gasteiger partial charge is 0.342 e. The van der Waals surface area contributed by atoms with E-state index in [0.29, 0.717) is 0 Å². The summed E-state index contributed by atoms with van der Waals surface area (Å²) in [7, 11) is -3.69. The second kappa shape index (κ2) is 11.3. The van der Waals surface area contributed by atoms with Gasteiger partial charge in [0.25, 0.3) is 11.4 Å². The summed E-state index contributed by atoms with van der Waals surface area (Å²) in [5, 5.41) is 25.2. The van der Waals surface area contributed by atoms with Crippen LogP contribution in [0, 0.1) is 20.2 Å². The number of hydrogen-bond acceptors (Lipinski definition) is 8. The van der Waals surface area contributed by atoms with Crippen molar-refractivity contribution in [3.63, 3.8) is 0 Å². The second-order valence-electron chi connectivity index (χ2n) is 6.10. The molecule has 32 heavy (non-hydrogen) atoms. The Hall–Kier alpha value is -2.56. The number of rotatable bonds is 10. The van der Waals surface area contributed by atoms with Crippen LogP contribution in [0.1, 0.15) is 13.8 Å². The highest BCUT2D eigenvalue weighted by molar-refractivity contribution is 7.55. The lowest BCUT2D eigenvalue weighted by atomic mass is 10.2. The molecule has 0 unspecified atom stereocenters. The lowest BCUT2D eigenvalue weighted by Crippen LogP contribution is -2.19. The molecule has 0 fully saturated rings. The summed E-state index contributed by atoms with van der Waals surface area (Å²) in [5.74, 6) is -0.0416. The predicted molar refractivity (Wildman–Crippen MR) is 123 cm³/mol. The minimum atomic E-state index is -3.69. The zero-order valence-corrected chi connectivity index (χ0v) is 19.4. The topological polar surface area (TPSA) is 146 Å². The summed E-state index contributed by atoms with van der Waals surface area (Å²) >= 11 is 12.3. The number of anilines is 1. The predicted octanol–water partition coefficient (Wildman–Crippen LogP) is 6.22. The van der Waals surface area contributed by atoms with Crippen LogP contribution >= 0.6 is 30.8 Å². The molecule has 0 aliphatic rings. The first-order valence-electron chi connectivity index (χ1n) is 9.19. The van der Waals surface area contributed by atoms with Gasteiger partial charge in [-0.3, -0.25) is 24.8 Å². The Morgan fingerprint density at radius 2 is 1.53 bits per heavy atom. The van der Waals surface area contributed by atoms with Crippen LogP contribution in [0.2, 0.25) is 10.0 Å². The summed E-state index contributed by atoms with van der Waals surface area (Å²) in [6.07, 6.45) is -0.382. The molecule has 0 atom stereocenters. The fourth-order valence-corrected chi connectivity index (χ4v) is 4.42. The van der Waals surface area contributed by atoms with Crippen LogP contribution in [0.15, 0.2) is 41.4 Å². The highest BCUT2D eigenvalue weighted by Gasteiger charge is 2.27. The number of nitrogens with zero attached hydrogens (tertiary/aromatic N) is 3. The van der Waals surface area contributed by atoms with Gasteiger partial charge in [-0.2, -0.15) is 0 Å². The fraction of sp³-hybridized carbons (Fsp3) is 0.278. The standard InChI is InChI=1S/C18H19Cl2N4O7P/c1-3-30-32(29,31-4-2)11-18(21-16-9-12(23(25)26)5-7-14(16)19)22-17-10-13(24(27)28)6-8-15(17)20/h5-10H,3-4,11H2,1-2H3,(H,21,22). The van der Waals surface area contributed by atoms with Gasteiger partial charge in [-0.25, -0.2) is 4.99 Å². The Morgan fingerprint density at radius 1 is 1.00 bits per heavy atom. The zero-order valence-electron chi connectivity index (χ0n) is 17.0. The minimum absolute atomic E-state index is 0.00414. The monoisotopic (exact) mass is 504 g/mol. The van der Waals surface area contributed by atoms with Crippen LogP contribution < -0.4 is 5.32 Å². The average molecular weight is 505 g/mol. The molecule has 172 valence electrons. The fourth-order valence-electron chi connectivity index (χ4n) is 2.53. The third-order valence-corrected chi connectivity index (χ3v) is 6.47. The van der Waals surface area contributed by atoms with Gasteiger partial charge in [-0.15, -0.1) is 0 Å². The van der Waals surface area contributed by atoms with E-state index in [2.05, 4.69) is 10.3 Å². The maximum atomic E-state index is 13.1. The van der Waals surface area contributed by atoms with Crippen LogP contribution in [-0.4, -0.2) is 35.1 Å². The zero-order chi connectivity index (χ0) is 23.9. The van der Waals surface area contributed by atoms with Crippen molar-refractivity contribution in [3.8, 4) is 0 Å². The van der Waals surface area contributed by atoms with Gasteiger partial charge in [0, 0.05) is 24.3 Å². The van der Waals surface area contributed by atoms with Crippen LogP contribution in [0.5, 0.6) is 0 Å². The molecule has 2 rings (SSSR count). The Kier molecular flexibility index (Phi) is 9.11. The van der Waals surface area contributed by atoms with E-state index in [1.54, 1.807) is 13.8 Å². The molecule has 2 aromatic rings. The average Bonchev–Trinajstić information content (AvgIpc) is 2.71. The second-order valence-corrected chi connectivity index (χ2v) is 8.97. The van der Waals surface area contributed by atoms with Crippen molar-refractivity contribution in [2.45, 2.75) is 13.8 Å². The van der Waals surface area contributed by atoms with E-state index in [0.717, 1.165) is 6.07 Å². The molecule has 0 aliphatic carbocycles. The smallest absolute Gasteiger partial charge is 0.338 e. The van der Waals surface area contributed by atoms with E-state index in [9.17, 15) is 24.8 Å². The van der Waals surface area contributed by atoms with E-state index in [1.807, 2.05) is 0 Å². The quantitative estimate of drug-likeness (QED) is 0.132. The van der Waals surface area contributed by atoms with E-state index in [4.69, 9.17) is 32.2 Å². The normalized spacial score (nSPS) is 11.9. The number of nitrogens with one attached hydrogen (secondary N) is 1. The molecule has 0 amide bonds. The minimum Gasteiger partial charge on any atom is -0.342 e.